The first-order valence-corrected chi connectivity index (χ1v) is 19.3. The van der Waals surface area contributed by atoms with E-state index in [4.69, 9.17) is 0 Å². The van der Waals surface area contributed by atoms with Gasteiger partial charge in [-0.2, -0.15) is 0 Å². The van der Waals surface area contributed by atoms with Gasteiger partial charge in [0.25, 0.3) is 0 Å². The van der Waals surface area contributed by atoms with E-state index in [0.717, 1.165) is 19.6 Å². The Morgan fingerprint density at radius 3 is 1.25 bits per heavy atom. The summed E-state index contributed by atoms with van der Waals surface area (Å²) >= 11 is 0. The molecule has 3 aliphatic rings. The van der Waals surface area contributed by atoms with Gasteiger partial charge in [0.1, 0.15) is 0 Å². The van der Waals surface area contributed by atoms with Gasteiger partial charge in [-0.3, -0.25) is 29.7 Å². The third-order valence-electron chi connectivity index (χ3n) is 10.8. The minimum absolute atomic E-state index is 0.527. The van der Waals surface area contributed by atoms with Crippen molar-refractivity contribution in [1.29, 1.82) is 0 Å². The topological polar surface area (TPSA) is 48.4 Å². The van der Waals surface area contributed by atoms with E-state index >= 15 is 0 Å². The third kappa shape index (κ3) is 9.52. The summed E-state index contributed by atoms with van der Waals surface area (Å²) in [7, 11) is 0. The summed E-state index contributed by atoms with van der Waals surface area (Å²) in [4.78, 5) is 21.5. The van der Waals surface area contributed by atoms with E-state index < -0.39 is 0 Å². The molecular formula is C42H66N6. The van der Waals surface area contributed by atoms with Crippen LogP contribution in [-0.2, 0) is 19.3 Å². The molecule has 3 heterocycles. The molecule has 3 aliphatic carbocycles. The average Bonchev–Trinajstić information content (AvgIpc) is 3.39. The highest BCUT2D eigenvalue weighted by atomic mass is 15.2. The summed E-state index contributed by atoms with van der Waals surface area (Å²) in [5, 5.41) is 0. The monoisotopic (exact) mass is 655 g/mol. The number of hydrogen-bond acceptors (Lipinski definition) is 6. The normalized spacial score (nSPS) is 20.2. The Hall–Kier alpha value is -2.67. The van der Waals surface area contributed by atoms with Crippen LogP contribution in [0.4, 0.5) is 0 Å². The number of aromatic nitrogens is 3. The van der Waals surface area contributed by atoms with Gasteiger partial charge in [0.2, 0.25) is 0 Å². The second kappa shape index (κ2) is 18.9. The molecule has 0 aromatic carbocycles. The first-order valence-electron chi connectivity index (χ1n) is 19.3. The molecule has 3 aromatic rings. The van der Waals surface area contributed by atoms with Crippen molar-refractivity contribution in [2.75, 3.05) is 19.6 Å². The van der Waals surface area contributed by atoms with E-state index in [2.05, 4.69) is 122 Å². The van der Waals surface area contributed by atoms with Crippen LogP contribution in [0.2, 0.25) is 0 Å². The molecular weight excluding hydrogens is 589 g/mol. The van der Waals surface area contributed by atoms with Gasteiger partial charge < -0.3 is 0 Å². The van der Waals surface area contributed by atoms with Crippen molar-refractivity contribution in [3.8, 4) is 0 Å². The SMILES string of the molecule is CCN(C(C)C)C1CCCCc2cccnc21.CCN(C(C)C)C1CCCc2cccnc21.CCN(C(C)C)C1CCc2cccnc21. The van der Waals surface area contributed by atoms with Gasteiger partial charge in [0, 0.05) is 36.7 Å². The Labute approximate surface area is 293 Å². The highest BCUT2D eigenvalue weighted by Crippen LogP contribution is 2.36. The molecule has 0 bridgehead atoms. The second-order valence-electron chi connectivity index (χ2n) is 14.6. The van der Waals surface area contributed by atoms with Crippen LogP contribution in [0.1, 0.15) is 153 Å². The van der Waals surface area contributed by atoms with Gasteiger partial charge in [-0.15, -0.1) is 0 Å². The van der Waals surface area contributed by atoms with Gasteiger partial charge in [-0.1, -0.05) is 45.4 Å². The van der Waals surface area contributed by atoms with E-state index in [0.29, 0.717) is 36.3 Å². The highest BCUT2D eigenvalue weighted by molar-refractivity contribution is 5.28. The lowest BCUT2D eigenvalue weighted by molar-refractivity contribution is 0.143. The van der Waals surface area contributed by atoms with Crippen molar-refractivity contribution in [2.24, 2.45) is 0 Å². The molecule has 6 nitrogen and oxygen atoms in total. The van der Waals surface area contributed by atoms with Crippen LogP contribution in [0.5, 0.6) is 0 Å². The zero-order valence-corrected chi connectivity index (χ0v) is 31.8. The van der Waals surface area contributed by atoms with Crippen LogP contribution < -0.4 is 0 Å². The molecule has 6 heteroatoms. The van der Waals surface area contributed by atoms with Gasteiger partial charge in [-0.25, -0.2) is 0 Å². The fraction of sp³-hybridized carbons (Fsp3) is 0.643. The number of nitrogens with zero attached hydrogens (tertiary/aromatic N) is 6. The van der Waals surface area contributed by atoms with E-state index in [1.807, 2.05) is 24.7 Å². The number of fused-ring (bicyclic) bond motifs is 3. The predicted octanol–water partition coefficient (Wildman–Crippen LogP) is 9.57. The summed E-state index contributed by atoms with van der Waals surface area (Å²) < 4.78 is 0. The Kier molecular flexibility index (Phi) is 15.0. The van der Waals surface area contributed by atoms with Crippen molar-refractivity contribution in [3.63, 3.8) is 0 Å². The van der Waals surface area contributed by atoms with E-state index in [-0.39, 0.29) is 0 Å². The zero-order chi connectivity index (χ0) is 34.6. The van der Waals surface area contributed by atoms with Crippen molar-refractivity contribution in [2.45, 2.75) is 156 Å². The number of hydrogen-bond donors (Lipinski definition) is 0. The molecule has 6 rings (SSSR count). The Balaban J connectivity index is 0.000000163. The fourth-order valence-corrected chi connectivity index (χ4v) is 8.53. The van der Waals surface area contributed by atoms with Gasteiger partial charge in [0.05, 0.1) is 35.2 Å². The maximum atomic E-state index is 4.67. The number of rotatable bonds is 9. The highest BCUT2D eigenvalue weighted by Gasteiger charge is 2.30. The largest absolute Gasteiger partial charge is 0.293 e. The quantitative estimate of drug-likeness (QED) is 0.214. The maximum absolute atomic E-state index is 4.67. The fourth-order valence-electron chi connectivity index (χ4n) is 8.53. The van der Waals surface area contributed by atoms with Crippen LogP contribution in [0.15, 0.2) is 55.0 Å². The molecule has 0 saturated heterocycles. The molecule has 0 spiro atoms. The standard InChI is InChI=1S/C15H24N2.C14H22N2.C13H20N2/c1-4-17(12(2)3)14-10-6-5-8-13-9-7-11-16-15(13)14;1-4-16(11(2)3)13-9-5-7-12-8-6-10-15-14(12)13;1-4-15(10(2)3)12-8-7-11-6-5-9-14-13(11)12/h7,9,11-12,14H,4-6,8,10H2,1-3H3;6,8,10-11,13H,4-5,7,9H2,1-3H3;5-6,9-10,12H,4,7-8H2,1-3H3. The summed E-state index contributed by atoms with van der Waals surface area (Å²) in [6.45, 7) is 23.7. The van der Waals surface area contributed by atoms with Crippen LogP contribution in [0, 0.1) is 0 Å². The van der Waals surface area contributed by atoms with Crippen LogP contribution in [-0.4, -0.2) is 67.4 Å². The first kappa shape index (κ1) is 38.1. The Morgan fingerprint density at radius 2 is 0.854 bits per heavy atom. The molecule has 48 heavy (non-hydrogen) atoms. The Bertz CT molecular complexity index is 1370. The van der Waals surface area contributed by atoms with E-state index in [1.165, 1.54) is 91.6 Å². The lowest BCUT2D eigenvalue weighted by Gasteiger charge is -2.36. The molecule has 3 aromatic heterocycles. The van der Waals surface area contributed by atoms with Crippen LogP contribution >= 0.6 is 0 Å². The summed E-state index contributed by atoms with van der Waals surface area (Å²) in [6, 6.07) is 16.3. The van der Waals surface area contributed by atoms with E-state index in [1.54, 1.807) is 0 Å². The zero-order valence-electron chi connectivity index (χ0n) is 31.8. The average molecular weight is 655 g/mol. The van der Waals surface area contributed by atoms with Gasteiger partial charge >= 0.3 is 0 Å². The Morgan fingerprint density at radius 1 is 0.500 bits per heavy atom. The van der Waals surface area contributed by atoms with Crippen LogP contribution in [0.3, 0.4) is 0 Å². The minimum Gasteiger partial charge on any atom is -0.293 e. The predicted molar refractivity (Wildman–Crippen MR) is 202 cm³/mol. The summed E-state index contributed by atoms with van der Waals surface area (Å²) in [6.07, 6.45) is 17.1. The minimum atomic E-state index is 0.527. The van der Waals surface area contributed by atoms with Crippen molar-refractivity contribution >= 4 is 0 Å². The molecule has 0 amide bonds. The smallest absolute Gasteiger partial charge is 0.0607 e. The summed E-state index contributed by atoms with van der Waals surface area (Å²) in [5.41, 5.74) is 8.34. The second-order valence-corrected chi connectivity index (χ2v) is 14.6. The molecule has 0 N–H and O–H groups in total. The van der Waals surface area contributed by atoms with E-state index in [9.17, 15) is 0 Å². The van der Waals surface area contributed by atoms with Crippen molar-refractivity contribution < 1.29 is 0 Å². The lowest BCUT2D eigenvalue weighted by atomic mass is 9.90. The molecule has 0 aliphatic heterocycles. The number of pyridine rings is 3. The molecule has 3 unspecified atom stereocenters. The molecule has 0 fully saturated rings. The third-order valence-corrected chi connectivity index (χ3v) is 10.8. The first-order chi connectivity index (χ1) is 23.2. The molecule has 0 radical (unpaired) electrons. The molecule has 264 valence electrons. The van der Waals surface area contributed by atoms with Crippen LogP contribution in [0.25, 0.3) is 0 Å². The molecule has 0 saturated carbocycles. The number of aryl methyl sites for hydroxylation is 3. The van der Waals surface area contributed by atoms with Crippen molar-refractivity contribution in [1.82, 2.24) is 29.7 Å². The van der Waals surface area contributed by atoms with Gasteiger partial charge in [0.15, 0.2) is 0 Å². The lowest BCUT2D eigenvalue weighted by Crippen LogP contribution is -2.36. The van der Waals surface area contributed by atoms with Gasteiger partial charge in [-0.05, 0) is 147 Å². The summed E-state index contributed by atoms with van der Waals surface area (Å²) in [5.74, 6) is 0. The van der Waals surface area contributed by atoms with Crippen molar-refractivity contribution in [3.05, 3.63) is 88.8 Å². The maximum Gasteiger partial charge on any atom is 0.0607 e. The molecule has 3 atom stereocenters.